The Balaban J connectivity index is 2.38. The van der Waals surface area contributed by atoms with E-state index in [0.29, 0.717) is 6.42 Å². The third-order valence-corrected chi connectivity index (χ3v) is 3.65. The third-order valence-electron chi connectivity index (χ3n) is 3.23. The molecule has 1 aromatic rings. The molecule has 1 aliphatic carbocycles. The molecule has 1 atom stereocenters. The number of methoxy groups -OCH3 is 1. The topological polar surface area (TPSA) is 61.5 Å². The maximum absolute atomic E-state index is 11.8. The van der Waals surface area contributed by atoms with Crippen molar-refractivity contribution < 1.29 is 14.4 Å². The van der Waals surface area contributed by atoms with Gasteiger partial charge in [-0.25, -0.2) is 10.7 Å². The number of allylic oxidation sites excluding steroid dienone is 2. The van der Waals surface area contributed by atoms with E-state index in [2.05, 4.69) is 0 Å². The Kier molecular flexibility index (Phi) is 4.60. The van der Waals surface area contributed by atoms with Gasteiger partial charge in [-0.15, -0.1) is 11.6 Å². The highest BCUT2D eigenvalue weighted by molar-refractivity contribution is 6.36. The van der Waals surface area contributed by atoms with E-state index in [4.69, 9.17) is 27.1 Å². The molecule has 0 radical (unpaired) electrons. The van der Waals surface area contributed by atoms with Crippen molar-refractivity contribution in [2.24, 2.45) is 5.90 Å². The normalized spacial score (nSPS) is 21.9. The van der Waals surface area contributed by atoms with Gasteiger partial charge in [0.05, 0.1) is 13.7 Å². The number of nitrogens with two attached hydrogens (primary N) is 1. The van der Waals surface area contributed by atoms with E-state index < -0.39 is 10.8 Å². The van der Waals surface area contributed by atoms with Crippen molar-refractivity contribution in [2.75, 3.05) is 13.7 Å². The van der Waals surface area contributed by atoms with Gasteiger partial charge in [0.1, 0.15) is 0 Å². The Hall–Kier alpha value is -1.62. The summed E-state index contributed by atoms with van der Waals surface area (Å²) >= 11 is 6.32. The summed E-state index contributed by atoms with van der Waals surface area (Å²) in [6.07, 6.45) is 3.78. The molecule has 0 heterocycles. The van der Waals surface area contributed by atoms with Gasteiger partial charge in [0.2, 0.25) is 0 Å². The van der Waals surface area contributed by atoms with Gasteiger partial charge in [0, 0.05) is 6.42 Å². The molecule has 0 aromatic heterocycles. The average Bonchev–Trinajstić information content (AvgIpc) is 2.48. The van der Waals surface area contributed by atoms with Gasteiger partial charge in [-0.05, 0) is 16.7 Å². The van der Waals surface area contributed by atoms with Gasteiger partial charge in [0.25, 0.3) is 0 Å². The zero-order chi connectivity index (χ0) is 14.6. The number of carbonyl (C=O) groups excluding carboxylic acids is 1. The molecule has 2 N–H and O–H groups in total. The Bertz CT molecular complexity index is 553. The highest BCUT2D eigenvalue weighted by Gasteiger charge is 2.38. The minimum atomic E-state index is -1.19. The minimum Gasteiger partial charge on any atom is -0.467 e. The maximum atomic E-state index is 11.8. The van der Waals surface area contributed by atoms with Crippen LogP contribution in [0.25, 0.3) is 5.57 Å². The zero-order valence-electron chi connectivity index (χ0n) is 11.1. The molecule has 1 unspecified atom stereocenters. The molecule has 0 aliphatic heterocycles. The molecule has 0 bridgehead atoms. The molecule has 2 rings (SSSR count). The average molecular weight is 294 g/mol. The van der Waals surface area contributed by atoms with E-state index in [0.717, 1.165) is 16.7 Å². The maximum Gasteiger partial charge on any atom is 0.331 e. The molecule has 5 heteroatoms. The van der Waals surface area contributed by atoms with Crippen LogP contribution in [0.4, 0.5) is 0 Å². The quantitative estimate of drug-likeness (QED) is 0.526. The first-order valence-corrected chi connectivity index (χ1v) is 6.54. The molecule has 106 valence electrons. The van der Waals surface area contributed by atoms with Crippen molar-refractivity contribution in [3.63, 3.8) is 0 Å². The zero-order valence-corrected chi connectivity index (χ0v) is 11.9. The van der Waals surface area contributed by atoms with Crippen molar-refractivity contribution >= 4 is 23.1 Å². The van der Waals surface area contributed by atoms with E-state index in [1.54, 1.807) is 6.08 Å². The van der Waals surface area contributed by atoms with Gasteiger partial charge < -0.3 is 9.57 Å². The Labute approximate surface area is 122 Å². The summed E-state index contributed by atoms with van der Waals surface area (Å²) in [6.45, 7) is 0.208. The summed E-state index contributed by atoms with van der Waals surface area (Å²) in [7, 11) is 1.32. The number of alkyl halides is 1. The van der Waals surface area contributed by atoms with Crippen LogP contribution >= 0.6 is 11.6 Å². The lowest BCUT2D eigenvalue weighted by Gasteiger charge is -2.27. The Morgan fingerprint density at radius 2 is 2.10 bits per heavy atom. The van der Waals surface area contributed by atoms with Crippen LogP contribution in [0.5, 0.6) is 0 Å². The van der Waals surface area contributed by atoms with Crippen LogP contribution in [0, 0.1) is 0 Å². The van der Waals surface area contributed by atoms with Crippen molar-refractivity contribution in [3.8, 4) is 0 Å². The predicted octanol–water partition coefficient (Wildman–Crippen LogP) is 2.44. The van der Waals surface area contributed by atoms with Crippen molar-refractivity contribution in [2.45, 2.75) is 11.3 Å². The van der Waals surface area contributed by atoms with Gasteiger partial charge >= 0.3 is 5.97 Å². The first-order valence-electron chi connectivity index (χ1n) is 6.16. The second-order valence-corrected chi connectivity index (χ2v) is 5.23. The Morgan fingerprint density at radius 3 is 2.70 bits per heavy atom. The lowest BCUT2D eigenvalue weighted by Crippen LogP contribution is -2.34. The number of hydrogen-bond donors (Lipinski definition) is 1. The predicted molar refractivity (Wildman–Crippen MR) is 77.9 cm³/mol. The smallest absolute Gasteiger partial charge is 0.331 e. The molecule has 0 fully saturated rings. The molecular formula is C15H16ClNO3. The third kappa shape index (κ3) is 2.93. The van der Waals surface area contributed by atoms with Crippen molar-refractivity contribution in [1.82, 2.24) is 0 Å². The van der Waals surface area contributed by atoms with Gasteiger partial charge in [-0.3, -0.25) is 0 Å². The number of esters is 1. The minimum absolute atomic E-state index is 0.208. The lowest BCUT2D eigenvalue weighted by atomic mass is 9.86. The fourth-order valence-electron chi connectivity index (χ4n) is 2.26. The first kappa shape index (κ1) is 14.8. The van der Waals surface area contributed by atoms with Crippen LogP contribution in [0.2, 0.25) is 0 Å². The molecule has 0 spiro atoms. The number of ether oxygens (including phenoxy) is 1. The summed E-state index contributed by atoms with van der Waals surface area (Å²) in [5, 5.41) is 0. The molecule has 1 aliphatic rings. The fourth-order valence-corrected chi connectivity index (χ4v) is 2.56. The second kappa shape index (κ2) is 6.22. The van der Waals surface area contributed by atoms with Gasteiger partial charge in [0.15, 0.2) is 4.87 Å². The van der Waals surface area contributed by atoms with E-state index in [1.807, 2.05) is 36.4 Å². The molecular weight excluding hydrogens is 278 g/mol. The highest BCUT2D eigenvalue weighted by atomic mass is 35.5. The summed E-state index contributed by atoms with van der Waals surface area (Å²) in [5.41, 5.74) is 2.86. The van der Waals surface area contributed by atoms with Gasteiger partial charge in [-0.2, -0.15) is 0 Å². The molecule has 4 nitrogen and oxygen atoms in total. The molecule has 0 saturated heterocycles. The highest BCUT2D eigenvalue weighted by Crippen LogP contribution is 2.37. The lowest BCUT2D eigenvalue weighted by molar-refractivity contribution is -0.142. The summed E-state index contributed by atoms with van der Waals surface area (Å²) in [6, 6.07) is 9.79. The van der Waals surface area contributed by atoms with Crippen LogP contribution in [0.15, 0.2) is 48.1 Å². The fraction of sp³-hybridized carbons (Fsp3) is 0.267. The van der Waals surface area contributed by atoms with E-state index in [-0.39, 0.29) is 6.61 Å². The summed E-state index contributed by atoms with van der Waals surface area (Å²) in [5.74, 6) is 4.69. The van der Waals surface area contributed by atoms with Gasteiger partial charge in [-0.1, -0.05) is 42.5 Å². The molecule has 1 aromatic carbocycles. The van der Waals surface area contributed by atoms with Crippen molar-refractivity contribution in [1.29, 1.82) is 0 Å². The summed E-state index contributed by atoms with van der Waals surface area (Å²) in [4.78, 5) is 15.3. The van der Waals surface area contributed by atoms with E-state index in [9.17, 15) is 4.79 Å². The van der Waals surface area contributed by atoms with E-state index in [1.165, 1.54) is 7.11 Å². The number of hydrogen-bond acceptors (Lipinski definition) is 4. The van der Waals surface area contributed by atoms with Crippen LogP contribution < -0.4 is 5.90 Å². The standard InChI is InChI=1S/C15H16ClNO3/c1-19-14(18)15(16)8-7-13(12(9-15)10-20-17)11-5-3-2-4-6-11/h2-8H,9-10,17H2,1H3. The number of halogens is 1. The van der Waals surface area contributed by atoms with Crippen LogP contribution in [-0.4, -0.2) is 24.6 Å². The number of carbonyl (C=O) groups is 1. The molecule has 20 heavy (non-hydrogen) atoms. The number of rotatable bonds is 4. The Morgan fingerprint density at radius 1 is 1.40 bits per heavy atom. The molecule has 0 saturated carbocycles. The van der Waals surface area contributed by atoms with Crippen LogP contribution in [-0.2, 0) is 14.4 Å². The van der Waals surface area contributed by atoms with Crippen LogP contribution in [0.3, 0.4) is 0 Å². The molecule has 0 amide bonds. The van der Waals surface area contributed by atoms with Crippen molar-refractivity contribution in [3.05, 3.63) is 53.6 Å². The second-order valence-electron chi connectivity index (χ2n) is 4.56. The largest absolute Gasteiger partial charge is 0.467 e. The number of benzene rings is 1. The monoisotopic (exact) mass is 293 g/mol. The van der Waals surface area contributed by atoms with Crippen LogP contribution in [0.1, 0.15) is 12.0 Å². The first-order chi connectivity index (χ1) is 9.60. The summed E-state index contributed by atoms with van der Waals surface area (Å²) < 4.78 is 4.74. The van der Waals surface area contributed by atoms with E-state index >= 15 is 0 Å². The SMILES string of the molecule is COC(=O)C1(Cl)C=CC(c2ccccc2)=C(CON)C1.